The number of fused-ring (bicyclic) bond motifs is 2. The molecule has 0 unspecified atom stereocenters. The highest BCUT2D eigenvalue weighted by atomic mass is 79.9. The first-order chi connectivity index (χ1) is 18.4. The minimum atomic E-state index is 0.0323. The number of benzene rings is 3. The summed E-state index contributed by atoms with van der Waals surface area (Å²) in [6.07, 6.45) is 2.84. The van der Waals surface area contributed by atoms with E-state index in [2.05, 4.69) is 86.9 Å². The number of anilines is 4. The van der Waals surface area contributed by atoms with Crippen molar-refractivity contribution in [2.45, 2.75) is 39.2 Å². The van der Waals surface area contributed by atoms with Crippen molar-refractivity contribution in [2.24, 2.45) is 0 Å². The number of nitrogens with one attached hydrogen (secondary N) is 2. The monoisotopic (exact) mass is 569 g/mol. The number of piperidine rings is 1. The van der Waals surface area contributed by atoms with Crippen LogP contribution in [0.2, 0.25) is 0 Å². The van der Waals surface area contributed by atoms with Crippen LogP contribution in [0.15, 0.2) is 71.2 Å². The molecule has 0 bridgehead atoms. The third kappa shape index (κ3) is 4.95. The summed E-state index contributed by atoms with van der Waals surface area (Å²) in [6.45, 7) is 6.78. The van der Waals surface area contributed by atoms with Gasteiger partial charge in [0.2, 0.25) is 0 Å². The van der Waals surface area contributed by atoms with Crippen molar-refractivity contribution in [1.82, 2.24) is 9.88 Å². The van der Waals surface area contributed by atoms with Crippen LogP contribution in [0.5, 0.6) is 0 Å². The van der Waals surface area contributed by atoms with Crippen molar-refractivity contribution < 1.29 is 4.79 Å². The second-order valence-electron chi connectivity index (χ2n) is 10.4. The SMILES string of the molecule is Cc1cc(Nc2ccc(N3CCC(N4CCc5ccccc5NC4=O)CC3)cc2)c2cc(Br)cc(C)c2n1. The first-order valence-corrected chi connectivity index (χ1v) is 14.1. The summed E-state index contributed by atoms with van der Waals surface area (Å²) in [5.41, 5.74) is 8.66. The number of halogens is 1. The zero-order chi connectivity index (χ0) is 26.2. The largest absolute Gasteiger partial charge is 0.371 e. The van der Waals surface area contributed by atoms with Gasteiger partial charge in [0.25, 0.3) is 0 Å². The third-order valence-electron chi connectivity index (χ3n) is 7.76. The van der Waals surface area contributed by atoms with E-state index in [0.29, 0.717) is 0 Å². The molecule has 0 saturated carbocycles. The lowest BCUT2D eigenvalue weighted by Gasteiger charge is -2.39. The fourth-order valence-electron chi connectivity index (χ4n) is 5.77. The molecule has 7 heteroatoms. The van der Waals surface area contributed by atoms with Crippen LogP contribution in [-0.2, 0) is 6.42 Å². The number of urea groups is 1. The number of carbonyl (C=O) groups is 1. The number of carbonyl (C=O) groups excluding carboxylic acids is 1. The van der Waals surface area contributed by atoms with Gasteiger partial charge in [-0.2, -0.15) is 0 Å². The summed E-state index contributed by atoms with van der Waals surface area (Å²) < 4.78 is 1.05. The van der Waals surface area contributed by atoms with Gasteiger partial charge in [0.15, 0.2) is 0 Å². The average Bonchev–Trinajstić information content (AvgIpc) is 3.08. The van der Waals surface area contributed by atoms with E-state index in [4.69, 9.17) is 4.98 Å². The van der Waals surface area contributed by atoms with E-state index in [9.17, 15) is 4.79 Å². The van der Waals surface area contributed by atoms with Gasteiger partial charge in [-0.3, -0.25) is 4.98 Å². The Morgan fingerprint density at radius 1 is 0.974 bits per heavy atom. The minimum absolute atomic E-state index is 0.0323. The molecule has 1 aromatic heterocycles. The summed E-state index contributed by atoms with van der Waals surface area (Å²) in [4.78, 5) is 22.2. The maximum atomic E-state index is 12.9. The van der Waals surface area contributed by atoms with E-state index < -0.39 is 0 Å². The Hall–Kier alpha value is -3.58. The average molecular weight is 571 g/mol. The van der Waals surface area contributed by atoms with Gasteiger partial charge in [-0.05, 0) is 92.8 Å². The number of aryl methyl sites for hydroxylation is 2. The molecule has 0 aliphatic carbocycles. The fraction of sp³-hybridized carbons (Fsp3) is 0.290. The van der Waals surface area contributed by atoms with Crippen LogP contribution >= 0.6 is 15.9 Å². The van der Waals surface area contributed by atoms with E-state index in [-0.39, 0.29) is 12.1 Å². The number of hydrogen-bond acceptors (Lipinski definition) is 4. The Kier molecular flexibility index (Phi) is 6.70. The molecule has 6 rings (SSSR count). The zero-order valence-electron chi connectivity index (χ0n) is 21.8. The molecule has 2 aliphatic rings. The smallest absolute Gasteiger partial charge is 0.322 e. The molecular formula is C31H32BrN5O. The van der Waals surface area contributed by atoms with Gasteiger partial charge in [-0.1, -0.05) is 34.1 Å². The Balaban J connectivity index is 1.11. The van der Waals surface area contributed by atoms with Crippen LogP contribution in [0.3, 0.4) is 0 Å². The summed E-state index contributed by atoms with van der Waals surface area (Å²) in [7, 11) is 0. The molecule has 1 saturated heterocycles. The molecule has 1 fully saturated rings. The molecule has 38 heavy (non-hydrogen) atoms. The molecule has 4 aromatic rings. The van der Waals surface area contributed by atoms with Crippen LogP contribution in [0, 0.1) is 13.8 Å². The molecular weight excluding hydrogens is 538 g/mol. The Morgan fingerprint density at radius 2 is 1.74 bits per heavy atom. The molecule has 2 amide bonds. The first-order valence-electron chi connectivity index (χ1n) is 13.3. The van der Waals surface area contributed by atoms with E-state index in [1.807, 2.05) is 30.0 Å². The molecule has 3 aromatic carbocycles. The van der Waals surface area contributed by atoms with Crippen LogP contribution in [-0.4, -0.2) is 41.6 Å². The number of pyridine rings is 1. The van der Waals surface area contributed by atoms with Crippen molar-refractivity contribution in [2.75, 3.05) is 35.2 Å². The molecule has 194 valence electrons. The standard InChI is InChI=1S/C31H32BrN5O/c1-20-17-23(32)19-27-29(18-21(2)33-30(20)27)34-24-7-9-25(10-8-24)36-14-12-26(13-15-36)37-16-11-22-5-3-4-6-28(22)35-31(37)38/h3-10,17-19,26H,11-16H2,1-2H3,(H,33,34)(H,35,38). The van der Waals surface area contributed by atoms with Gasteiger partial charge < -0.3 is 20.4 Å². The quantitative estimate of drug-likeness (QED) is 0.268. The molecule has 2 N–H and O–H groups in total. The van der Waals surface area contributed by atoms with Crippen LogP contribution in [0.4, 0.5) is 27.5 Å². The number of hydrogen-bond donors (Lipinski definition) is 2. The number of amides is 2. The Bertz CT molecular complexity index is 1490. The summed E-state index contributed by atoms with van der Waals surface area (Å²) >= 11 is 3.63. The number of nitrogens with zero attached hydrogens (tertiary/aromatic N) is 3. The summed E-state index contributed by atoms with van der Waals surface area (Å²) in [6, 6.07) is 23.4. The zero-order valence-corrected chi connectivity index (χ0v) is 23.4. The predicted molar refractivity (Wildman–Crippen MR) is 160 cm³/mol. The van der Waals surface area contributed by atoms with Crippen molar-refractivity contribution in [1.29, 1.82) is 0 Å². The Morgan fingerprint density at radius 3 is 2.53 bits per heavy atom. The maximum absolute atomic E-state index is 12.9. The molecule has 0 spiro atoms. The van der Waals surface area contributed by atoms with Gasteiger partial charge in [0.05, 0.1) is 5.52 Å². The first kappa shape index (κ1) is 24.7. The normalized spacial score (nSPS) is 16.2. The highest BCUT2D eigenvalue weighted by Crippen LogP contribution is 2.32. The van der Waals surface area contributed by atoms with E-state index in [1.165, 1.54) is 11.3 Å². The van der Waals surface area contributed by atoms with Crippen molar-refractivity contribution in [3.63, 3.8) is 0 Å². The van der Waals surface area contributed by atoms with E-state index in [1.54, 1.807) is 0 Å². The van der Waals surface area contributed by atoms with Crippen LogP contribution < -0.4 is 15.5 Å². The Labute approximate surface area is 232 Å². The van der Waals surface area contributed by atoms with E-state index >= 15 is 0 Å². The number of para-hydroxylation sites is 1. The lowest BCUT2D eigenvalue weighted by molar-refractivity contribution is 0.177. The second-order valence-corrected chi connectivity index (χ2v) is 11.3. The van der Waals surface area contributed by atoms with E-state index in [0.717, 1.165) is 82.6 Å². The molecule has 2 aliphatic heterocycles. The minimum Gasteiger partial charge on any atom is -0.371 e. The van der Waals surface area contributed by atoms with Gasteiger partial charge in [0, 0.05) is 64.0 Å². The van der Waals surface area contributed by atoms with Crippen molar-refractivity contribution in [3.05, 3.63) is 88.0 Å². The number of aromatic nitrogens is 1. The fourth-order valence-corrected chi connectivity index (χ4v) is 6.35. The van der Waals surface area contributed by atoms with Crippen LogP contribution in [0.1, 0.15) is 29.7 Å². The third-order valence-corrected chi connectivity index (χ3v) is 8.21. The van der Waals surface area contributed by atoms with Gasteiger partial charge in [0.1, 0.15) is 0 Å². The molecule has 0 radical (unpaired) electrons. The van der Waals surface area contributed by atoms with Crippen molar-refractivity contribution in [3.8, 4) is 0 Å². The van der Waals surface area contributed by atoms with Gasteiger partial charge >= 0.3 is 6.03 Å². The lowest BCUT2D eigenvalue weighted by atomic mass is 10.0. The molecule has 0 atom stereocenters. The molecule has 6 nitrogen and oxygen atoms in total. The second kappa shape index (κ2) is 10.3. The predicted octanol–water partition coefficient (Wildman–Crippen LogP) is 7.42. The molecule has 3 heterocycles. The van der Waals surface area contributed by atoms with Gasteiger partial charge in [-0.15, -0.1) is 0 Å². The highest BCUT2D eigenvalue weighted by molar-refractivity contribution is 9.10. The summed E-state index contributed by atoms with van der Waals surface area (Å²) in [5.74, 6) is 0. The highest BCUT2D eigenvalue weighted by Gasteiger charge is 2.30. The van der Waals surface area contributed by atoms with Crippen molar-refractivity contribution >= 4 is 55.6 Å². The summed E-state index contributed by atoms with van der Waals surface area (Å²) in [5, 5.41) is 7.84. The van der Waals surface area contributed by atoms with Gasteiger partial charge in [-0.25, -0.2) is 4.79 Å². The lowest BCUT2D eigenvalue weighted by Crippen LogP contribution is -2.48. The maximum Gasteiger partial charge on any atom is 0.322 e. The van der Waals surface area contributed by atoms with Crippen LogP contribution in [0.25, 0.3) is 10.9 Å². The topological polar surface area (TPSA) is 60.5 Å². The number of rotatable bonds is 4.